The van der Waals surface area contributed by atoms with E-state index in [-0.39, 0.29) is 0 Å². The predicted molar refractivity (Wildman–Crippen MR) is 223 cm³/mol. The second-order valence-electron chi connectivity index (χ2n) is 14.8. The first-order chi connectivity index (χ1) is 26.4. The first-order valence-electron chi connectivity index (χ1n) is 18.5. The number of rotatable bonds is 0. The minimum Gasteiger partial charge on any atom is -0.442 e. The van der Waals surface area contributed by atoms with Crippen LogP contribution in [0.1, 0.15) is 0 Å². The standard InChI is InChI=1S/C48H28N4Si/c1-5-25-41-29(13-1)33-17-9-21-37-38-22-10-18-34-30-14-2-6-26-42(30)50(46(34)38)53(49(41)45(33)37)51-43-27-7-3-15-31(43)35-19-11-23-39(47(35)51)40-24-12-20-36-32-16-4-8-28-44(32)52(53)48(36)40/h1-28H/q-1. The first-order valence-corrected chi connectivity index (χ1v) is 20.3. The first kappa shape index (κ1) is 26.9. The van der Waals surface area contributed by atoms with Gasteiger partial charge < -0.3 is 16.9 Å². The van der Waals surface area contributed by atoms with Crippen LogP contribution in [0.4, 0.5) is 0 Å². The Hall–Kier alpha value is -6.82. The highest BCUT2D eigenvalue weighted by atomic mass is 28.4. The molecule has 1 spiro atoms. The third-order valence-corrected chi connectivity index (χ3v) is 16.8. The quantitative estimate of drug-likeness (QED) is 0.141. The van der Waals surface area contributed by atoms with E-state index in [1.165, 1.54) is 109 Å². The molecule has 4 nitrogen and oxygen atoms in total. The monoisotopic (exact) mass is 688 g/mol. The van der Waals surface area contributed by atoms with Crippen LogP contribution in [0.5, 0.6) is 0 Å². The average Bonchev–Trinajstić information content (AvgIpc) is 3.92. The van der Waals surface area contributed by atoms with E-state index in [9.17, 15) is 0 Å². The van der Waals surface area contributed by atoms with Crippen LogP contribution >= 0.6 is 0 Å². The zero-order chi connectivity index (χ0) is 34.2. The van der Waals surface area contributed by atoms with Crippen molar-refractivity contribution in [2.45, 2.75) is 0 Å². The van der Waals surface area contributed by atoms with Gasteiger partial charge in [-0.05, 0) is 24.3 Å². The Balaban J connectivity index is 1.46. The lowest BCUT2D eigenvalue weighted by Crippen LogP contribution is -2.63. The Kier molecular flexibility index (Phi) is 4.55. The van der Waals surface area contributed by atoms with Crippen molar-refractivity contribution < 1.29 is 0 Å². The molecule has 12 aromatic rings. The summed E-state index contributed by atoms with van der Waals surface area (Å²) in [5.41, 5.74) is 15.4. The molecule has 0 saturated heterocycles. The average molecular weight is 689 g/mol. The number of hydrogen-bond acceptors (Lipinski definition) is 0. The van der Waals surface area contributed by atoms with Crippen LogP contribution in [0.15, 0.2) is 170 Å². The van der Waals surface area contributed by atoms with E-state index in [1.807, 2.05) is 0 Å². The number of para-hydroxylation sites is 8. The van der Waals surface area contributed by atoms with E-state index in [4.69, 9.17) is 0 Å². The molecule has 0 N–H and O–H groups in total. The maximum Gasteiger partial charge on any atom is 0.308 e. The van der Waals surface area contributed by atoms with Gasteiger partial charge in [-0.3, -0.25) is 0 Å². The van der Waals surface area contributed by atoms with E-state index < -0.39 is 8.72 Å². The van der Waals surface area contributed by atoms with Crippen LogP contribution in [0.3, 0.4) is 0 Å². The fourth-order valence-corrected chi connectivity index (χ4v) is 16.2. The molecule has 53 heavy (non-hydrogen) atoms. The molecule has 2 aliphatic rings. The summed E-state index contributed by atoms with van der Waals surface area (Å²) >= 11 is 0. The van der Waals surface area contributed by atoms with Gasteiger partial charge in [-0.15, -0.1) is 0 Å². The fraction of sp³-hybridized carbons (Fsp3) is 0. The van der Waals surface area contributed by atoms with Crippen LogP contribution < -0.4 is 0 Å². The Morgan fingerprint density at radius 1 is 0.226 bits per heavy atom. The largest absolute Gasteiger partial charge is 0.442 e. The molecule has 0 unspecified atom stereocenters. The smallest absolute Gasteiger partial charge is 0.308 e. The summed E-state index contributed by atoms with van der Waals surface area (Å²) in [4.78, 5) is 0. The Morgan fingerprint density at radius 2 is 0.453 bits per heavy atom. The fourth-order valence-electron chi connectivity index (χ4n) is 10.8. The Bertz CT molecular complexity index is 3160. The topological polar surface area (TPSA) is 19.7 Å². The molecule has 0 bridgehead atoms. The normalized spacial score (nSPS) is 14.2. The van der Waals surface area contributed by atoms with Gasteiger partial charge in [-0.2, -0.15) is 0 Å². The molecule has 5 heteroatoms. The number of fused-ring (bicyclic) bond motifs is 18. The van der Waals surface area contributed by atoms with Gasteiger partial charge in [0.1, 0.15) is 0 Å². The van der Waals surface area contributed by atoms with Crippen LogP contribution in [0, 0.1) is 0 Å². The minimum absolute atomic E-state index is 1.26. The summed E-state index contributed by atoms with van der Waals surface area (Å²) in [7, 11) is -3.66. The molecule has 14 rings (SSSR count). The van der Waals surface area contributed by atoms with Crippen molar-refractivity contribution in [3.8, 4) is 22.3 Å². The van der Waals surface area contributed by atoms with Crippen molar-refractivity contribution in [2.24, 2.45) is 0 Å². The lowest BCUT2D eigenvalue weighted by atomic mass is 9.99. The molecule has 0 aliphatic carbocycles. The maximum absolute atomic E-state index is 3.66. The Labute approximate surface area is 303 Å². The molecular weight excluding hydrogens is 661 g/mol. The maximum atomic E-state index is 2.86. The Morgan fingerprint density at radius 3 is 0.717 bits per heavy atom. The number of benzene rings is 8. The van der Waals surface area contributed by atoms with Gasteiger partial charge in [0.05, 0.1) is 0 Å². The molecule has 4 aromatic heterocycles. The molecule has 6 heterocycles. The summed E-state index contributed by atoms with van der Waals surface area (Å²) in [5, 5.41) is 10.3. The zero-order valence-corrected chi connectivity index (χ0v) is 29.5. The van der Waals surface area contributed by atoms with Gasteiger partial charge in [0.25, 0.3) is 0 Å². The highest BCUT2D eigenvalue weighted by Gasteiger charge is 2.44. The summed E-state index contributed by atoms with van der Waals surface area (Å²) in [5.74, 6) is 0. The van der Waals surface area contributed by atoms with E-state index in [0.717, 1.165) is 0 Å². The number of aromatic nitrogens is 4. The van der Waals surface area contributed by atoms with Gasteiger partial charge in [0.2, 0.25) is 0 Å². The van der Waals surface area contributed by atoms with Crippen LogP contribution in [-0.2, 0) is 0 Å². The summed E-state index contributed by atoms with van der Waals surface area (Å²) in [6.07, 6.45) is 0. The lowest BCUT2D eigenvalue weighted by molar-refractivity contribution is 0.929. The van der Waals surface area contributed by atoms with E-state index >= 15 is 0 Å². The van der Waals surface area contributed by atoms with Crippen molar-refractivity contribution in [3.05, 3.63) is 170 Å². The molecule has 0 atom stereocenters. The molecule has 0 radical (unpaired) electrons. The summed E-state index contributed by atoms with van der Waals surface area (Å²) < 4.78 is 11.4. The predicted octanol–water partition coefficient (Wildman–Crippen LogP) is 12.0. The summed E-state index contributed by atoms with van der Waals surface area (Å²) in [6.45, 7) is 0. The summed E-state index contributed by atoms with van der Waals surface area (Å²) in [6, 6.07) is 64.6. The van der Waals surface area contributed by atoms with Gasteiger partial charge in [-0.1, -0.05) is 146 Å². The van der Waals surface area contributed by atoms with Gasteiger partial charge in [-0.25, -0.2) is 0 Å². The SMILES string of the molecule is c1ccc2c(c1)c1cccc3c1n2[Si-]1(n2c4ccccc4c4cccc-3c42)n2c3ccccc3c3cccc(c32)-c2cccc3c4ccccc4n1c23. The zero-order valence-electron chi connectivity index (χ0n) is 28.5. The number of hydrogen-bond donors (Lipinski definition) is 0. The van der Waals surface area contributed by atoms with Gasteiger partial charge in [0, 0.05) is 109 Å². The molecule has 245 valence electrons. The van der Waals surface area contributed by atoms with Crippen LogP contribution in [-0.4, -0.2) is 25.7 Å². The van der Waals surface area contributed by atoms with Crippen LogP contribution in [0.25, 0.3) is 109 Å². The van der Waals surface area contributed by atoms with Crippen molar-refractivity contribution in [1.82, 2.24) is 16.9 Å². The van der Waals surface area contributed by atoms with Gasteiger partial charge >= 0.3 is 8.72 Å². The molecule has 0 saturated carbocycles. The highest BCUT2D eigenvalue weighted by molar-refractivity contribution is 6.81. The molecule has 8 aromatic carbocycles. The second-order valence-corrected chi connectivity index (χ2v) is 17.8. The van der Waals surface area contributed by atoms with Gasteiger partial charge in [0.15, 0.2) is 0 Å². The minimum atomic E-state index is -3.66. The van der Waals surface area contributed by atoms with Crippen molar-refractivity contribution in [1.29, 1.82) is 0 Å². The van der Waals surface area contributed by atoms with Crippen LogP contribution in [0.2, 0.25) is 0 Å². The third-order valence-electron chi connectivity index (χ3n) is 12.6. The second kappa shape index (κ2) is 8.96. The lowest BCUT2D eigenvalue weighted by Gasteiger charge is -2.51. The molecular formula is C48H28N4Si-. The molecule has 0 fully saturated rings. The third kappa shape index (κ3) is 2.81. The molecule has 2 aliphatic heterocycles. The van der Waals surface area contributed by atoms with E-state index in [1.54, 1.807) is 0 Å². The van der Waals surface area contributed by atoms with Crippen molar-refractivity contribution >= 4 is 95.9 Å². The van der Waals surface area contributed by atoms with Crippen molar-refractivity contribution in [3.63, 3.8) is 0 Å². The van der Waals surface area contributed by atoms with E-state index in [0.29, 0.717) is 0 Å². The molecule has 0 amide bonds. The van der Waals surface area contributed by atoms with Crippen molar-refractivity contribution in [2.75, 3.05) is 0 Å². The van der Waals surface area contributed by atoms with E-state index in [2.05, 4.69) is 187 Å². The number of nitrogens with zero attached hydrogens (tertiary/aromatic N) is 4. The highest BCUT2D eigenvalue weighted by Crippen LogP contribution is 2.53.